The maximum Gasteiger partial charge on any atom is 0.319 e. The largest absolute Gasteiger partial charge is 0.338 e. The number of anilines is 1. The van der Waals surface area contributed by atoms with Crippen molar-refractivity contribution in [2.75, 3.05) is 18.4 Å². The molecule has 6 nitrogen and oxygen atoms in total. The van der Waals surface area contributed by atoms with E-state index < -0.39 is 6.03 Å². The van der Waals surface area contributed by atoms with Gasteiger partial charge in [0.1, 0.15) is 0 Å². The Hall–Kier alpha value is -2.09. The number of hydrogen-bond donors (Lipinski definition) is 2. The molecular weight excluding hydrogens is 457 g/mol. The quantitative estimate of drug-likeness (QED) is 0.496. The molecule has 27 heavy (non-hydrogen) atoms. The average Bonchev–Trinajstić information content (AvgIpc) is 2.86. The number of imide groups is 1. The topological polar surface area (TPSA) is 78.5 Å². The first kappa shape index (κ1) is 19.7. The van der Waals surface area contributed by atoms with Gasteiger partial charge in [0.15, 0.2) is 0 Å². The maximum atomic E-state index is 12.4. The Kier molecular flexibility index (Phi) is 6.04. The van der Waals surface area contributed by atoms with Crippen LogP contribution in [-0.4, -0.2) is 35.8 Å². The van der Waals surface area contributed by atoms with Crippen LogP contribution in [0.2, 0.25) is 10.0 Å². The van der Waals surface area contributed by atoms with Crippen LogP contribution < -0.4 is 10.6 Å². The van der Waals surface area contributed by atoms with E-state index in [1.807, 2.05) is 0 Å². The monoisotopic (exact) mass is 469 g/mol. The minimum Gasteiger partial charge on any atom is -0.338 e. The smallest absolute Gasteiger partial charge is 0.319 e. The molecule has 4 amide bonds. The summed E-state index contributed by atoms with van der Waals surface area (Å²) in [5.41, 5.74) is 1.10. The zero-order valence-corrected chi connectivity index (χ0v) is 17.0. The molecule has 0 saturated heterocycles. The predicted octanol–water partition coefficient (Wildman–Crippen LogP) is 4.56. The van der Waals surface area contributed by atoms with Crippen LogP contribution >= 0.6 is 39.1 Å². The summed E-state index contributed by atoms with van der Waals surface area (Å²) in [7, 11) is 0. The van der Waals surface area contributed by atoms with Gasteiger partial charge in [-0.1, -0.05) is 45.2 Å². The van der Waals surface area contributed by atoms with Crippen LogP contribution in [-0.2, 0) is 0 Å². The van der Waals surface area contributed by atoms with Gasteiger partial charge >= 0.3 is 6.03 Å². The van der Waals surface area contributed by atoms with Gasteiger partial charge in [0.05, 0.1) is 26.9 Å². The van der Waals surface area contributed by atoms with E-state index in [9.17, 15) is 14.4 Å². The summed E-state index contributed by atoms with van der Waals surface area (Å²) in [5, 5.41) is 5.88. The Morgan fingerprint density at radius 3 is 2.41 bits per heavy atom. The zero-order valence-electron chi connectivity index (χ0n) is 13.9. The van der Waals surface area contributed by atoms with Gasteiger partial charge in [-0.3, -0.25) is 14.5 Å². The molecule has 0 aromatic heterocycles. The molecular formula is C18H14BrCl2N3O3. The number of nitrogens with one attached hydrogen (secondary N) is 2. The minimum absolute atomic E-state index is 0.205. The summed E-state index contributed by atoms with van der Waals surface area (Å²) in [5.74, 6) is -0.654. The number of carbonyl (C=O) groups excluding carboxylic acids is 3. The standard InChI is InChI=1S/C18H14BrCl2N3O3/c19-10-5-6-11-12(9-10)17(26)24(16(11)25)8-2-7-22-18(27)23-15-13(20)3-1-4-14(15)21/h1,3-6,9H,2,7-8H2,(H2,22,23,27). The molecule has 0 radical (unpaired) electrons. The molecule has 2 aromatic rings. The molecule has 3 rings (SSSR count). The van der Waals surface area contributed by atoms with Crippen LogP contribution in [0, 0.1) is 0 Å². The molecule has 0 unspecified atom stereocenters. The van der Waals surface area contributed by atoms with Gasteiger partial charge in [-0.2, -0.15) is 0 Å². The van der Waals surface area contributed by atoms with Crippen LogP contribution in [0.5, 0.6) is 0 Å². The van der Waals surface area contributed by atoms with E-state index in [1.165, 1.54) is 4.90 Å². The molecule has 0 spiro atoms. The summed E-state index contributed by atoms with van der Waals surface area (Å²) >= 11 is 15.3. The average molecular weight is 471 g/mol. The molecule has 2 aromatic carbocycles. The fraction of sp³-hybridized carbons (Fsp3) is 0.167. The first-order chi connectivity index (χ1) is 12.9. The molecule has 9 heteroatoms. The lowest BCUT2D eigenvalue weighted by molar-refractivity contribution is 0.0653. The number of halogens is 3. The fourth-order valence-electron chi connectivity index (χ4n) is 2.68. The summed E-state index contributed by atoms with van der Waals surface area (Å²) in [6.45, 7) is 0.474. The number of amides is 4. The highest BCUT2D eigenvalue weighted by Gasteiger charge is 2.34. The van der Waals surface area contributed by atoms with Gasteiger partial charge in [0.2, 0.25) is 0 Å². The number of fused-ring (bicyclic) bond motifs is 1. The van der Waals surface area contributed by atoms with E-state index in [0.717, 1.165) is 4.47 Å². The maximum absolute atomic E-state index is 12.4. The number of nitrogens with zero attached hydrogens (tertiary/aromatic N) is 1. The first-order valence-corrected chi connectivity index (χ1v) is 9.58. The van der Waals surface area contributed by atoms with Crippen molar-refractivity contribution < 1.29 is 14.4 Å². The lowest BCUT2D eigenvalue weighted by Gasteiger charge is -2.14. The molecule has 1 aliphatic rings. The third kappa shape index (κ3) is 4.26. The number of urea groups is 1. The molecule has 0 aliphatic carbocycles. The van der Waals surface area contributed by atoms with E-state index in [4.69, 9.17) is 23.2 Å². The van der Waals surface area contributed by atoms with Crippen molar-refractivity contribution in [2.24, 2.45) is 0 Å². The number of rotatable bonds is 5. The second-order valence-corrected chi connectivity index (χ2v) is 7.51. The zero-order chi connectivity index (χ0) is 19.6. The van der Waals surface area contributed by atoms with Gasteiger partial charge in [0, 0.05) is 17.6 Å². The SMILES string of the molecule is O=C(NCCCN1C(=O)c2ccc(Br)cc2C1=O)Nc1c(Cl)cccc1Cl. The highest BCUT2D eigenvalue weighted by atomic mass is 79.9. The Bertz CT molecular complexity index is 916. The summed E-state index contributed by atoms with van der Waals surface area (Å²) < 4.78 is 0.737. The van der Waals surface area contributed by atoms with Crippen molar-refractivity contribution in [1.29, 1.82) is 0 Å². The fourth-order valence-corrected chi connectivity index (χ4v) is 3.53. The molecule has 1 heterocycles. The highest BCUT2D eigenvalue weighted by Crippen LogP contribution is 2.29. The number of hydrogen-bond acceptors (Lipinski definition) is 3. The van der Waals surface area contributed by atoms with Gasteiger partial charge in [0.25, 0.3) is 11.8 Å². The third-order valence-corrected chi connectivity index (χ3v) is 5.10. The van der Waals surface area contributed by atoms with E-state index in [0.29, 0.717) is 33.3 Å². The lowest BCUT2D eigenvalue weighted by atomic mass is 10.1. The van der Waals surface area contributed by atoms with Gasteiger partial charge in [-0.05, 0) is 36.8 Å². The molecule has 0 fully saturated rings. The highest BCUT2D eigenvalue weighted by molar-refractivity contribution is 9.10. The molecule has 140 valence electrons. The van der Waals surface area contributed by atoms with Crippen LogP contribution in [0.4, 0.5) is 10.5 Å². The normalized spacial score (nSPS) is 12.9. The molecule has 0 saturated carbocycles. The Labute approximate surface area is 173 Å². The minimum atomic E-state index is -0.476. The van der Waals surface area contributed by atoms with Crippen LogP contribution in [0.15, 0.2) is 40.9 Å². The number of benzene rings is 2. The second-order valence-electron chi connectivity index (χ2n) is 5.78. The van der Waals surface area contributed by atoms with Crippen LogP contribution in [0.3, 0.4) is 0 Å². The van der Waals surface area contributed by atoms with Crippen molar-refractivity contribution in [1.82, 2.24) is 10.2 Å². The Morgan fingerprint density at radius 2 is 1.70 bits per heavy atom. The van der Waals surface area contributed by atoms with E-state index in [-0.39, 0.29) is 24.9 Å². The van der Waals surface area contributed by atoms with Crippen molar-refractivity contribution >= 4 is 62.7 Å². The van der Waals surface area contributed by atoms with Crippen LogP contribution in [0.25, 0.3) is 0 Å². The van der Waals surface area contributed by atoms with E-state index in [2.05, 4.69) is 26.6 Å². The number of para-hydroxylation sites is 1. The third-order valence-electron chi connectivity index (χ3n) is 3.98. The molecule has 0 atom stereocenters. The summed E-state index contributed by atoms with van der Waals surface area (Å²) in [4.78, 5) is 37.8. The summed E-state index contributed by atoms with van der Waals surface area (Å²) in [6, 6.07) is 9.41. The molecule has 1 aliphatic heterocycles. The van der Waals surface area contributed by atoms with Crippen molar-refractivity contribution in [3.8, 4) is 0 Å². The van der Waals surface area contributed by atoms with Gasteiger partial charge in [-0.25, -0.2) is 4.79 Å². The lowest BCUT2D eigenvalue weighted by Crippen LogP contribution is -2.35. The van der Waals surface area contributed by atoms with Crippen molar-refractivity contribution in [2.45, 2.75) is 6.42 Å². The van der Waals surface area contributed by atoms with Crippen LogP contribution in [0.1, 0.15) is 27.1 Å². The van der Waals surface area contributed by atoms with Gasteiger partial charge < -0.3 is 10.6 Å². The Balaban J connectivity index is 1.50. The second kappa shape index (κ2) is 8.29. The first-order valence-electron chi connectivity index (χ1n) is 8.03. The molecule has 0 bridgehead atoms. The predicted molar refractivity (Wildman–Crippen MR) is 108 cm³/mol. The van der Waals surface area contributed by atoms with Crippen molar-refractivity contribution in [3.63, 3.8) is 0 Å². The Morgan fingerprint density at radius 1 is 1.04 bits per heavy atom. The summed E-state index contributed by atoms with van der Waals surface area (Å²) in [6.07, 6.45) is 0.413. The van der Waals surface area contributed by atoms with Gasteiger partial charge in [-0.15, -0.1) is 0 Å². The number of carbonyl (C=O) groups is 3. The molecule has 2 N–H and O–H groups in total. The van der Waals surface area contributed by atoms with E-state index >= 15 is 0 Å². The van der Waals surface area contributed by atoms with E-state index in [1.54, 1.807) is 36.4 Å². The van der Waals surface area contributed by atoms with Crippen molar-refractivity contribution in [3.05, 3.63) is 62.0 Å².